The predicted octanol–water partition coefficient (Wildman–Crippen LogP) is 1.08. The molecule has 2 fully saturated rings. The van der Waals surface area contributed by atoms with E-state index in [-0.39, 0.29) is 64.1 Å². The minimum Gasteiger partial charge on any atom is -0.370 e. The molecule has 9 amide bonds. The van der Waals surface area contributed by atoms with Gasteiger partial charge in [0.1, 0.15) is 42.3 Å². The number of benzene rings is 3. The van der Waals surface area contributed by atoms with Crippen molar-refractivity contribution in [2.24, 2.45) is 22.2 Å². The van der Waals surface area contributed by atoms with Crippen LogP contribution in [0, 0.1) is 0 Å². The van der Waals surface area contributed by atoms with Gasteiger partial charge in [-0.15, -0.1) is 0 Å². The molecule has 3 aromatic carbocycles. The summed E-state index contributed by atoms with van der Waals surface area (Å²) in [6.07, 6.45) is 4.49. The Morgan fingerprint density at radius 2 is 1.40 bits per heavy atom. The van der Waals surface area contributed by atoms with Crippen LogP contribution in [0.3, 0.4) is 0 Å². The number of para-hydroxylation sites is 1. The molecule has 0 unspecified atom stereocenters. The summed E-state index contributed by atoms with van der Waals surface area (Å²) in [6.45, 7) is 3.46. The molecule has 22 heteroatoms. The Kier molecular flexibility index (Phi) is 22.1. The van der Waals surface area contributed by atoms with Gasteiger partial charge in [-0.1, -0.05) is 111 Å². The number of carbonyl (C=O) groups excluding carboxylic acids is 9. The van der Waals surface area contributed by atoms with E-state index in [1.165, 1.54) is 11.8 Å². The van der Waals surface area contributed by atoms with Crippen LogP contribution in [0.4, 0.5) is 0 Å². The lowest BCUT2D eigenvalue weighted by Crippen LogP contribution is -2.61. The Morgan fingerprint density at radius 1 is 0.744 bits per heavy atom. The van der Waals surface area contributed by atoms with E-state index in [4.69, 9.17) is 17.2 Å². The van der Waals surface area contributed by atoms with Gasteiger partial charge in [0.25, 0.3) is 0 Å². The molecule has 2 aliphatic heterocycles. The van der Waals surface area contributed by atoms with E-state index in [9.17, 15) is 33.6 Å². The Hall–Kier alpha value is -8.30. The molecule has 78 heavy (non-hydrogen) atoms. The normalized spacial score (nSPS) is 22.7. The van der Waals surface area contributed by atoms with Crippen molar-refractivity contribution < 1.29 is 43.2 Å². The third kappa shape index (κ3) is 17.1. The molecule has 418 valence electrons. The summed E-state index contributed by atoms with van der Waals surface area (Å²) < 4.78 is 0. The van der Waals surface area contributed by atoms with Crippen LogP contribution in [-0.2, 0) is 56.0 Å². The number of H-pyrrole nitrogens is 1. The first kappa shape index (κ1) is 59.0. The number of unbranched alkanes of at least 4 members (excludes halogenated alkanes) is 1. The Balaban J connectivity index is 1.41. The Morgan fingerprint density at radius 3 is 2.10 bits per heavy atom. The van der Waals surface area contributed by atoms with E-state index in [0.717, 1.165) is 16.5 Å². The number of nitrogens with one attached hydrogen (secondary N) is 8. The number of nitrogens with two attached hydrogens (primary N) is 3. The topological polar surface area (TPSA) is 347 Å². The summed E-state index contributed by atoms with van der Waals surface area (Å²) in [7, 11) is 0. The molecule has 14 N–H and O–H groups in total. The van der Waals surface area contributed by atoms with Crippen LogP contribution in [0.15, 0.2) is 96.1 Å². The van der Waals surface area contributed by atoms with Gasteiger partial charge in [0.2, 0.25) is 53.2 Å². The lowest BCUT2D eigenvalue weighted by molar-refractivity contribution is -0.144. The zero-order valence-electron chi connectivity index (χ0n) is 44.4. The van der Waals surface area contributed by atoms with Crippen LogP contribution in [-0.4, -0.2) is 131 Å². The molecule has 2 saturated heterocycles. The molecule has 8 atom stereocenters. The monoisotopic (exact) mass is 1070 g/mol. The number of guanidine groups is 1. The number of carbonyl (C=O) groups is 9. The molecule has 22 nitrogen and oxygen atoms in total. The van der Waals surface area contributed by atoms with Crippen molar-refractivity contribution in [2.75, 3.05) is 19.6 Å². The summed E-state index contributed by atoms with van der Waals surface area (Å²) in [6, 6.07) is 16.4. The van der Waals surface area contributed by atoms with Crippen LogP contribution < -0.4 is 54.4 Å². The number of aromatic nitrogens is 1. The van der Waals surface area contributed by atoms with Gasteiger partial charge in [-0.3, -0.25) is 48.1 Å². The van der Waals surface area contributed by atoms with Crippen LogP contribution in [0.1, 0.15) is 107 Å². The summed E-state index contributed by atoms with van der Waals surface area (Å²) in [5, 5.41) is 20.4. The van der Waals surface area contributed by atoms with Crippen LogP contribution in [0.2, 0.25) is 0 Å². The third-order valence-corrected chi connectivity index (χ3v) is 14.1. The van der Waals surface area contributed by atoms with E-state index < -0.39 is 108 Å². The molecule has 1 aromatic heterocycles. The fourth-order valence-electron chi connectivity index (χ4n) is 10.1. The summed E-state index contributed by atoms with van der Waals surface area (Å²) in [4.78, 5) is 136. The molecule has 4 aromatic rings. The zero-order valence-corrected chi connectivity index (χ0v) is 44.4. The fraction of sp³-hybridized carbons (Fsp3) is 0.464. The van der Waals surface area contributed by atoms with Gasteiger partial charge < -0.3 is 64.3 Å². The molecule has 0 spiro atoms. The van der Waals surface area contributed by atoms with Crippen molar-refractivity contribution in [2.45, 2.75) is 146 Å². The van der Waals surface area contributed by atoms with Crippen molar-refractivity contribution >= 4 is 70.0 Å². The third-order valence-electron chi connectivity index (χ3n) is 14.1. The van der Waals surface area contributed by atoms with E-state index in [1.54, 1.807) is 48.7 Å². The van der Waals surface area contributed by atoms with Gasteiger partial charge in [-0.25, -0.2) is 0 Å². The standard InChI is InChI=1S/C56H75N13O9/c1-3-4-22-42(63-34(2)70)50(73)68-46-32-47(71)60-27-15-7-12-24-41(49(57)72)64-53(76)45(31-37-33-62-40-23-14-13-21-38(37)40)66-51(74)43(25-16-28-61-56(58)59)65-52(75)44(30-35-17-8-5-9-18-35)67-54(77)48-39(26-29-69(48)55(46)78)36-19-10-6-11-20-36/h5-6,8-11,13-14,17-21,23,33,39,41-46,48,62H,3-4,7,12,15-16,22,24-32H2,1-2H3,(H2,57,72)(H,60,71)(H,63,70)(H,64,76)(H,65,75)(H,66,74)(H,67,77)(H,68,73)(H4,58,59,61)/t39-,41+,42+,43+,44-,45+,46-,48-/m1/s1. The minimum atomic E-state index is -1.49. The van der Waals surface area contributed by atoms with Gasteiger partial charge in [-0.05, 0) is 61.3 Å². The highest BCUT2D eigenvalue weighted by Gasteiger charge is 2.46. The number of primary amides is 1. The van der Waals surface area contributed by atoms with Crippen molar-refractivity contribution in [3.05, 3.63) is 108 Å². The van der Waals surface area contributed by atoms with Crippen molar-refractivity contribution in [1.29, 1.82) is 0 Å². The average Bonchev–Trinajstić information content (AvgIpc) is 4.10. The average molecular weight is 1070 g/mol. The molecule has 2 aliphatic rings. The number of amides is 9. The Labute approximate surface area is 454 Å². The molecule has 0 aliphatic carbocycles. The number of aliphatic imine (C=N–C) groups is 1. The maximum atomic E-state index is 15.2. The highest BCUT2D eigenvalue weighted by atomic mass is 16.2. The maximum absolute atomic E-state index is 15.2. The van der Waals surface area contributed by atoms with E-state index in [2.05, 4.69) is 47.2 Å². The largest absolute Gasteiger partial charge is 0.370 e. The van der Waals surface area contributed by atoms with Crippen LogP contribution in [0.25, 0.3) is 10.9 Å². The SMILES string of the molecule is CCCC[C@H](NC(C)=O)C(=O)N[C@@H]1CC(=O)NCCCCC[C@@H](C(N)=O)NC(=O)[C@H](Cc2c[nH]c3ccccc23)NC(=O)[C@H](CCCN=C(N)N)NC(=O)[C@@H](Cc2ccccc2)NC(=O)[C@H]2[C@@H](c3ccccc3)CCN2C1=O. The number of aromatic amines is 1. The number of rotatable bonds is 16. The Bertz CT molecular complexity index is 2750. The molecular weight excluding hydrogens is 999 g/mol. The van der Waals surface area contributed by atoms with E-state index >= 15 is 9.59 Å². The first-order valence-corrected chi connectivity index (χ1v) is 26.9. The molecule has 6 rings (SSSR count). The predicted molar refractivity (Wildman–Crippen MR) is 293 cm³/mol. The maximum Gasteiger partial charge on any atom is 0.246 e. The number of nitrogens with zero attached hydrogens (tertiary/aromatic N) is 2. The van der Waals surface area contributed by atoms with Gasteiger partial charge >= 0.3 is 0 Å². The quantitative estimate of drug-likeness (QED) is 0.0428. The lowest BCUT2D eigenvalue weighted by Gasteiger charge is -2.33. The first-order chi connectivity index (χ1) is 37.5. The van der Waals surface area contributed by atoms with Crippen molar-refractivity contribution in [3.8, 4) is 0 Å². The molecule has 3 heterocycles. The molecule has 0 bridgehead atoms. The number of fused-ring (bicyclic) bond motifs is 2. The van der Waals surface area contributed by atoms with Crippen LogP contribution >= 0.6 is 0 Å². The van der Waals surface area contributed by atoms with E-state index in [0.29, 0.717) is 49.7 Å². The first-order valence-electron chi connectivity index (χ1n) is 26.9. The fourth-order valence-corrected chi connectivity index (χ4v) is 10.1. The van der Waals surface area contributed by atoms with Gasteiger partial charge in [-0.2, -0.15) is 0 Å². The molecule has 0 radical (unpaired) electrons. The second-order valence-corrected chi connectivity index (χ2v) is 20.0. The van der Waals surface area contributed by atoms with Crippen molar-refractivity contribution in [3.63, 3.8) is 0 Å². The second-order valence-electron chi connectivity index (χ2n) is 20.0. The van der Waals surface area contributed by atoms with Gasteiger partial charge in [0.05, 0.1) is 6.42 Å². The lowest BCUT2D eigenvalue weighted by atomic mass is 9.90. The molecule has 0 saturated carbocycles. The summed E-state index contributed by atoms with van der Waals surface area (Å²) in [5.41, 5.74) is 19.9. The number of hydrogen-bond donors (Lipinski definition) is 11. The number of hydrogen-bond acceptors (Lipinski definition) is 10. The van der Waals surface area contributed by atoms with Crippen LogP contribution in [0.5, 0.6) is 0 Å². The van der Waals surface area contributed by atoms with Gasteiger partial charge in [0.15, 0.2) is 5.96 Å². The highest BCUT2D eigenvalue weighted by Crippen LogP contribution is 2.35. The molecular formula is C56H75N13O9. The summed E-state index contributed by atoms with van der Waals surface area (Å²) in [5.74, 6) is -7.03. The highest BCUT2D eigenvalue weighted by molar-refractivity contribution is 5.99. The van der Waals surface area contributed by atoms with E-state index in [1.807, 2.05) is 49.4 Å². The second kappa shape index (κ2) is 29.3. The minimum absolute atomic E-state index is 0.0304. The summed E-state index contributed by atoms with van der Waals surface area (Å²) >= 11 is 0. The van der Waals surface area contributed by atoms with Crippen molar-refractivity contribution in [1.82, 2.24) is 47.1 Å². The smallest absolute Gasteiger partial charge is 0.246 e. The zero-order chi connectivity index (χ0) is 56.1. The van der Waals surface area contributed by atoms with Gasteiger partial charge in [0, 0.05) is 62.4 Å².